The molecule has 0 unspecified atom stereocenters. The predicted octanol–water partition coefficient (Wildman–Crippen LogP) is 0.293. The van der Waals surface area contributed by atoms with Gasteiger partial charge in [0.05, 0.1) is 0 Å². The number of rotatable bonds is 1. The molecular formula is C6H5ClN6. The first-order valence-corrected chi connectivity index (χ1v) is 3.78. The Bertz CT molecular complexity index is 411. The number of hydrogen-bond acceptors (Lipinski definition) is 5. The maximum Gasteiger partial charge on any atom is 0.183 e. The summed E-state index contributed by atoms with van der Waals surface area (Å²) in [4.78, 5) is 11.4. The van der Waals surface area contributed by atoms with E-state index in [1.165, 1.54) is 23.7 Å². The highest BCUT2D eigenvalue weighted by atomic mass is 35.5. The Balaban J connectivity index is 2.59. The van der Waals surface area contributed by atoms with Crippen molar-refractivity contribution in [3.63, 3.8) is 0 Å². The molecule has 13 heavy (non-hydrogen) atoms. The molecule has 6 nitrogen and oxygen atoms in total. The lowest BCUT2D eigenvalue weighted by atomic mass is 10.5. The highest BCUT2D eigenvalue weighted by molar-refractivity contribution is 6.32. The van der Waals surface area contributed by atoms with E-state index in [0.29, 0.717) is 5.82 Å². The molecule has 2 N–H and O–H groups in total. The van der Waals surface area contributed by atoms with Gasteiger partial charge < -0.3 is 5.73 Å². The number of nitrogen functional groups attached to an aromatic ring is 1. The maximum absolute atomic E-state index is 5.69. The molecular weight excluding hydrogens is 192 g/mol. The second-order valence-electron chi connectivity index (χ2n) is 2.24. The Morgan fingerprint density at radius 2 is 2.15 bits per heavy atom. The van der Waals surface area contributed by atoms with Crippen molar-refractivity contribution in [1.29, 1.82) is 0 Å². The molecule has 0 bridgehead atoms. The van der Waals surface area contributed by atoms with E-state index in [-0.39, 0.29) is 10.8 Å². The molecule has 2 heterocycles. The van der Waals surface area contributed by atoms with Crippen LogP contribution in [0, 0.1) is 0 Å². The highest BCUT2D eigenvalue weighted by Gasteiger charge is 2.07. The average Bonchev–Trinajstić information content (AvgIpc) is 2.62. The van der Waals surface area contributed by atoms with Crippen LogP contribution in [-0.2, 0) is 0 Å². The third kappa shape index (κ3) is 1.31. The zero-order chi connectivity index (χ0) is 9.26. The smallest absolute Gasteiger partial charge is 0.183 e. The summed E-state index contributed by atoms with van der Waals surface area (Å²) in [6.07, 6.45) is 4.18. The molecule has 2 aromatic heterocycles. The van der Waals surface area contributed by atoms with Crippen LogP contribution in [0.1, 0.15) is 0 Å². The standard InChI is InChI=1S/C6H5ClN6/c7-5-4(8)6(11-2-10-5)13-3-9-1-12-13/h1-3H,8H2. The van der Waals surface area contributed by atoms with Crippen LogP contribution in [0.15, 0.2) is 19.0 Å². The average molecular weight is 197 g/mol. The number of aromatic nitrogens is 5. The van der Waals surface area contributed by atoms with E-state index >= 15 is 0 Å². The summed E-state index contributed by atoms with van der Waals surface area (Å²) in [6.45, 7) is 0. The minimum Gasteiger partial charge on any atom is -0.393 e. The van der Waals surface area contributed by atoms with Crippen LogP contribution in [0.5, 0.6) is 0 Å². The van der Waals surface area contributed by atoms with Crippen molar-refractivity contribution < 1.29 is 0 Å². The van der Waals surface area contributed by atoms with Gasteiger partial charge >= 0.3 is 0 Å². The minimum absolute atomic E-state index is 0.209. The topological polar surface area (TPSA) is 82.5 Å². The summed E-state index contributed by atoms with van der Waals surface area (Å²) in [5.74, 6) is 0.428. The Labute approximate surface area is 78.4 Å². The van der Waals surface area contributed by atoms with E-state index in [1.807, 2.05) is 0 Å². The van der Waals surface area contributed by atoms with E-state index < -0.39 is 0 Å². The second-order valence-corrected chi connectivity index (χ2v) is 2.60. The van der Waals surface area contributed by atoms with E-state index in [9.17, 15) is 0 Å². The third-order valence-electron chi connectivity index (χ3n) is 1.45. The van der Waals surface area contributed by atoms with Gasteiger partial charge in [-0.15, -0.1) is 0 Å². The SMILES string of the molecule is Nc1c(Cl)ncnc1-n1cncn1. The zero-order valence-electron chi connectivity index (χ0n) is 6.42. The molecule has 0 saturated carbocycles. The molecule has 0 radical (unpaired) electrons. The van der Waals surface area contributed by atoms with Gasteiger partial charge in [-0.3, -0.25) is 0 Å². The van der Waals surface area contributed by atoms with Crippen molar-refractivity contribution in [3.05, 3.63) is 24.1 Å². The van der Waals surface area contributed by atoms with Crippen molar-refractivity contribution in [2.75, 3.05) is 5.73 Å². The Hall–Kier alpha value is -1.69. The zero-order valence-corrected chi connectivity index (χ0v) is 7.18. The Kier molecular flexibility index (Phi) is 1.82. The molecule has 66 valence electrons. The molecule has 2 aromatic rings. The van der Waals surface area contributed by atoms with E-state index in [4.69, 9.17) is 17.3 Å². The predicted molar refractivity (Wildman–Crippen MR) is 46.4 cm³/mol. The van der Waals surface area contributed by atoms with Gasteiger partial charge in [0.25, 0.3) is 0 Å². The normalized spacial score (nSPS) is 10.2. The maximum atomic E-state index is 5.69. The van der Waals surface area contributed by atoms with Gasteiger partial charge in [-0.25, -0.2) is 19.6 Å². The van der Waals surface area contributed by atoms with Gasteiger partial charge in [0.1, 0.15) is 24.7 Å². The lowest BCUT2D eigenvalue weighted by molar-refractivity contribution is 0.841. The van der Waals surface area contributed by atoms with Crippen LogP contribution in [0.4, 0.5) is 5.69 Å². The van der Waals surface area contributed by atoms with Gasteiger partial charge in [0.2, 0.25) is 0 Å². The summed E-state index contributed by atoms with van der Waals surface area (Å²) in [5.41, 5.74) is 5.91. The third-order valence-corrected chi connectivity index (χ3v) is 1.75. The summed E-state index contributed by atoms with van der Waals surface area (Å²) in [6, 6.07) is 0. The second kappa shape index (κ2) is 2.98. The molecule has 0 aliphatic carbocycles. The first-order valence-electron chi connectivity index (χ1n) is 3.40. The monoisotopic (exact) mass is 196 g/mol. The molecule has 0 aliphatic rings. The number of anilines is 1. The first kappa shape index (κ1) is 7.93. The number of halogens is 1. The molecule has 0 aliphatic heterocycles. The van der Waals surface area contributed by atoms with Crippen LogP contribution >= 0.6 is 11.6 Å². The van der Waals surface area contributed by atoms with E-state index in [0.717, 1.165) is 0 Å². The quantitative estimate of drug-likeness (QED) is 0.663. The fourth-order valence-electron chi connectivity index (χ4n) is 0.866. The molecule has 0 spiro atoms. The van der Waals surface area contributed by atoms with Gasteiger partial charge in [-0.1, -0.05) is 11.6 Å². The van der Waals surface area contributed by atoms with Crippen LogP contribution in [0.25, 0.3) is 5.82 Å². The van der Waals surface area contributed by atoms with Crippen LogP contribution in [0.2, 0.25) is 5.15 Å². The number of nitrogens with zero attached hydrogens (tertiary/aromatic N) is 5. The van der Waals surface area contributed by atoms with Crippen molar-refractivity contribution in [3.8, 4) is 5.82 Å². The van der Waals surface area contributed by atoms with Crippen molar-refractivity contribution in [2.45, 2.75) is 0 Å². The van der Waals surface area contributed by atoms with Crippen molar-refractivity contribution in [1.82, 2.24) is 24.7 Å². The fraction of sp³-hybridized carbons (Fsp3) is 0. The summed E-state index contributed by atoms with van der Waals surface area (Å²) < 4.78 is 1.42. The number of nitrogens with two attached hydrogens (primary N) is 1. The van der Waals surface area contributed by atoms with Gasteiger partial charge in [0, 0.05) is 0 Å². The molecule has 0 saturated heterocycles. The van der Waals surface area contributed by atoms with Crippen LogP contribution in [-0.4, -0.2) is 24.7 Å². The van der Waals surface area contributed by atoms with Crippen molar-refractivity contribution in [2.24, 2.45) is 0 Å². The van der Waals surface area contributed by atoms with Crippen LogP contribution < -0.4 is 5.73 Å². The molecule has 0 amide bonds. The van der Waals surface area contributed by atoms with Gasteiger partial charge in [-0.2, -0.15) is 5.10 Å². The molecule has 7 heteroatoms. The van der Waals surface area contributed by atoms with E-state index in [2.05, 4.69) is 20.1 Å². The number of hydrogen-bond donors (Lipinski definition) is 1. The molecule has 0 fully saturated rings. The Morgan fingerprint density at radius 3 is 2.85 bits per heavy atom. The Morgan fingerprint density at radius 1 is 1.31 bits per heavy atom. The van der Waals surface area contributed by atoms with Gasteiger partial charge in [-0.05, 0) is 0 Å². The lowest BCUT2D eigenvalue weighted by Crippen LogP contribution is -2.04. The molecule has 0 atom stereocenters. The summed E-state index contributed by atoms with van der Waals surface area (Å²) >= 11 is 5.69. The van der Waals surface area contributed by atoms with Crippen LogP contribution in [0.3, 0.4) is 0 Å². The summed E-state index contributed by atoms with van der Waals surface area (Å²) in [5, 5.41) is 4.07. The summed E-state index contributed by atoms with van der Waals surface area (Å²) in [7, 11) is 0. The van der Waals surface area contributed by atoms with Gasteiger partial charge in [0.15, 0.2) is 11.0 Å². The lowest BCUT2D eigenvalue weighted by Gasteiger charge is -2.02. The molecule has 0 aromatic carbocycles. The van der Waals surface area contributed by atoms with Crippen molar-refractivity contribution >= 4 is 17.3 Å². The fourth-order valence-corrected chi connectivity index (χ4v) is 0.994. The molecule has 2 rings (SSSR count). The highest BCUT2D eigenvalue weighted by Crippen LogP contribution is 2.19. The largest absolute Gasteiger partial charge is 0.393 e. The van der Waals surface area contributed by atoms with E-state index in [1.54, 1.807) is 0 Å². The first-order chi connectivity index (χ1) is 6.29. The minimum atomic E-state index is 0.209.